The molecular formula is C62H68N8O12. The van der Waals surface area contributed by atoms with Crippen LogP contribution in [0.2, 0.25) is 0 Å². The minimum absolute atomic E-state index is 0.161. The van der Waals surface area contributed by atoms with E-state index in [9.17, 15) is 33.6 Å². The van der Waals surface area contributed by atoms with Gasteiger partial charge in [0.15, 0.2) is 23.0 Å². The minimum Gasteiger partial charge on any atom is -0.497 e. The largest absolute Gasteiger partial charge is 0.497 e. The summed E-state index contributed by atoms with van der Waals surface area (Å²) in [4.78, 5) is 105. The Morgan fingerprint density at radius 2 is 1.11 bits per heavy atom. The van der Waals surface area contributed by atoms with E-state index in [1.54, 1.807) is 87.4 Å². The molecule has 4 aromatic rings. The van der Waals surface area contributed by atoms with Crippen molar-refractivity contribution in [1.29, 1.82) is 0 Å². The van der Waals surface area contributed by atoms with Crippen molar-refractivity contribution in [2.75, 3.05) is 46.4 Å². The number of aliphatic imine (C=N–C) groups is 2. The number of nitrogens with one attached hydrogen (secondary N) is 3. The van der Waals surface area contributed by atoms with Gasteiger partial charge in [0.2, 0.25) is 17.7 Å². The molecule has 5 heterocycles. The lowest BCUT2D eigenvalue weighted by Crippen LogP contribution is -2.53. The fourth-order valence-corrected chi connectivity index (χ4v) is 10.2. The van der Waals surface area contributed by atoms with Crippen molar-refractivity contribution in [3.8, 4) is 28.7 Å². The van der Waals surface area contributed by atoms with E-state index in [4.69, 9.17) is 33.7 Å². The van der Waals surface area contributed by atoms with Crippen LogP contribution in [0.15, 0.2) is 107 Å². The lowest BCUT2D eigenvalue weighted by molar-refractivity contribution is -0.137. The number of unbranched alkanes of at least 4 members (excludes halogenated alkanes) is 4. The SMILES string of the molecule is COc1ccc(C2=CN3C(=O)c4cc(OC)c(OCCCCCOc5cc6c(cc5OC)C(=O)N5C=C(c7ccc(NC(=O)C(C)NC(=O)C(NC(=O)CCCCCN8C(=O)C=CC8=O)C(C)C)cc7)C[C@H]5C=N6)cc4N=C[C@@H]3C2)cc1. The summed E-state index contributed by atoms with van der Waals surface area (Å²) in [6.07, 6.45) is 15.0. The normalized spacial score (nSPS) is 17.5. The zero-order valence-electron chi connectivity index (χ0n) is 46.9. The summed E-state index contributed by atoms with van der Waals surface area (Å²) in [5.41, 5.74) is 6.12. The monoisotopic (exact) mass is 1120 g/mol. The first-order valence-electron chi connectivity index (χ1n) is 27.7. The van der Waals surface area contributed by atoms with Gasteiger partial charge in [-0.3, -0.25) is 48.4 Å². The summed E-state index contributed by atoms with van der Waals surface area (Å²) in [7, 11) is 4.70. The van der Waals surface area contributed by atoms with Gasteiger partial charge in [-0.15, -0.1) is 0 Å². The molecule has 0 saturated carbocycles. The highest BCUT2D eigenvalue weighted by Gasteiger charge is 2.36. The van der Waals surface area contributed by atoms with Crippen LogP contribution in [0.1, 0.15) is 110 Å². The molecule has 4 atom stereocenters. The molecule has 0 saturated heterocycles. The Bertz CT molecular complexity index is 3260. The highest BCUT2D eigenvalue weighted by atomic mass is 16.5. The highest BCUT2D eigenvalue weighted by Crippen LogP contribution is 2.42. The van der Waals surface area contributed by atoms with Crippen molar-refractivity contribution >= 4 is 82.0 Å². The van der Waals surface area contributed by atoms with Crippen molar-refractivity contribution in [2.24, 2.45) is 15.9 Å². The molecule has 0 aliphatic carbocycles. The Morgan fingerprint density at radius 1 is 0.598 bits per heavy atom. The molecule has 2 unspecified atom stereocenters. The van der Waals surface area contributed by atoms with Crippen LogP contribution in [-0.2, 0) is 24.0 Å². The van der Waals surface area contributed by atoms with Crippen LogP contribution in [0.4, 0.5) is 17.1 Å². The number of imide groups is 1. The van der Waals surface area contributed by atoms with Gasteiger partial charge in [-0.2, -0.15) is 0 Å². The predicted molar refractivity (Wildman–Crippen MR) is 309 cm³/mol. The molecule has 7 amide bonds. The second-order valence-electron chi connectivity index (χ2n) is 20.9. The van der Waals surface area contributed by atoms with Crippen LogP contribution in [0.25, 0.3) is 11.1 Å². The number of anilines is 1. The van der Waals surface area contributed by atoms with E-state index in [2.05, 4.69) is 16.0 Å². The Morgan fingerprint density at radius 3 is 1.61 bits per heavy atom. The van der Waals surface area contributed by atoms with E-state index >= 15 is 0 Å². The molecule has 4 aromatic carbocycles. The van der Waals surface area contributed by atoms with E-state index in [-0.39, 0.29) is 60.5 Å². The fraction of sp³-hybridized carbons (Fsp3) is 0.371. The average molecular weight is 1120 g/mol. The quantitative estimate of drug-likeness (QED) is 0.0419. The van der Waals surface area contributed by atoms with E-state index in [1.807, 2.05) is 55.0 Å². The van der Waals surface area contributed by atoms with Gasteiger partial charge in [0.05, 0.1) is 69.1 Å². The number of amides is 7. The third-order valence-electron chi connectivity index (χ3n) is 14.9. The maximum Gasteiger partial charge on any atom is 0.260 e. The van der Waals surface area contributed by atoms with Crippen molar-refractivity contribution in [3.05, 3.63) is 120 Å². The van der Waals surface area contributed by atoms with Gasteiger partial charge in [-0.1, -0.05) is 44.5 Å². The smallest absolute Gasteiger partial charge is 0.260 e. The average Bonchev–Trinajstić information content (AvgIpc) is 4.27. The van der Waals surface area contributed by atoms with Crippen LogP contribution in [0, 0.1) is 5.92 Å². The lowest BCUT2D eigenvalue weighted by Gasteiger charge is -2.24. The van der Waals surface area contributed by atoms with Gasteiger partial charge in [0, 0.05) is 80.6 Å². The Hall–Kier alpha value is -9.07. The van der Waals surface area contributed by atoms with Crippen LogP contribution in [0.5, 0.6) is 28.7 Å². The number of ether oxygens (including phenoxy) is 5. The molecule has 0 spiro atoms. The molecule has 5 aliphatic rings. The topological polar surface area (TPSA) is 236 Å². The Kier molecular flexibility index (Phi) is 18.3. The highest BCUT2D eigenvalue weighted by molar-refractivity contribution is 6.13. The number of hydrogen-bond acceptors (Lipinski definition) is 14. The standard InChI is InChI=1S/C62H68N8O12/c1-37(2)58(67-55(71)13-9-7-10-24-68-56(72)22-23-57(68)73)60(75)65-38(3)59(74)66-43-18-14-39(15-19-43)41-27-44-33-63-49-31-53(51(79-5)29-47(49)61(76)69(44)35-41)81-25-11-8-12-26-82-54-32-50-48(30-52(54)80-6)62(77)70-36-42(28-45(70)34-64-50)40-16-20-46(78-4)21-17-40/h14-23,29-38,44-45,58H,7-13,24-28H2,1-6H3,(H,65,75)(H,66,74)(H,67,71)/t38?,44-,45-,58?/m0/s1. The molecule has 3 N–H and O–H groups in total. The summed E-state index contributed by atoms with van der Waals surface area (Å²) in [5, 5.41) is 8.35. The first kappa shape index (κ1) is 57.6. The summed E-state index contributed by atoms with van der Waals surface area (Å²) in [6, 6.07) is 19.5. The van der Waals surface area contributed by atoms with Crippen molar-refractivity contribution < 1.29 is 57.2 Å². The van der Waals surface area contributed by atoms with Crippen LogP contribution >= 0.6 is 0 Å². The molecule has 0 aromatic heterocycles. The molecule has 20 nitrogen and oxygen atoms in total. The number of rotatable bonds is 25. The molecule has 428 valence electrons. The van der Waals surface area contributed by atoms with Crippen molar-refractivity contribution in [2.45, 2.75) is 103 Å². The fourth-order valence-electron chi connectivity index (χ4n) is 10.2. The van der Waals surface area contributed by atoms with E-state index in [1.165, 1.54) is 24.2 Å². The number of methoxy groups -OCH3 is 3. The summed E-state index contributed by atoms with van der Waals surface area (Å²) >= 11 is 0. The molecule has 82 heavy (non-hydrogen) atoms. The zero-order chi connectivity index (χ0) is 58.0. The van der Waals surface area contributed by atoms with Crippen LogP contribution in [0.3, 0.4) is 0 Å². The third-order valence-corrected chi connectivity index (χ3v) is 14.9. The zero-order valence-corrected chi connectivity index (χ0v) is 46.9. The van der Waals surface area contributed by atoms with Crippen molar-refractivity contribution in [3.63, 3.8) is 0 Å². The summed E-state index contributed by atoms with van der Waals surface area (Å²) in [5.74, 6) is 0.0126. The molecule has 0 radical (unpaired) electrons. The maximum absolute atomic E-state index is 14.1. The third kappa shape index (κ3) is 13.2. The van der Waals surface area contributed by atoms with Crippen LogP contribution < -0.4 is 39.6 Å². The molecular weight excluding hydrogens is 1050 g/mol. The minimum atomic E-state index is -0.921. The maximum atomic E-state index is 14.1. The molecule has 5 aliphatic heterocycles. The molecule has 20 heteroatoms. The summed E-state index contributed by atoms with van der Waals surface area (Å²) < 4.78 is 29.0. The second kappa shape index (κ2) is 26.0. The Balaban J connectivity index is 0.713. The number of fused-ring (bicyclic) bond motifs is 4. The first-order chi connectivity index (χ1) is 39.6. The summed E-state index contributed by atoms with van der Waals surface area (Å²) in [6.45, 7) is 6.24. The number of carbonyl (C=O) groups is 7. The van der Waals surface area contributed by atoms with Gasteiger partial charge in [-0.25, -0.2) is 0 Å². The van der Waals surface area contributed by atoms with Gasteiger partial charge < -0.3 is 49.4 Å². The van der Waals surface area contributed by atoms with Crippen LogP contribution in [-0.4, -0.2) is 134 Å². The Labute approximate surface area is 476 Å². The van der Waals surface area contributed by atoms with Gasteiger partial charge in [0.25, 0.3) is 23.6 Å². The molecule has 0 bridgehead atoms. The number of nitrogens with zero attached hydrogens (tertiary/aromatic N) is 5. The van der Waals surface area contributed by atoms with Crippen molar-refractivity contribution in [1.82, 2.24) is 25.3 Å². The number of hydrogen-bond donors (Lipinski definition) is 3. The lowest BCUT2D eigenvalue weighted by atomic mass is 10.0. The molecule has 0 fully saturated rings. The van der Waals surface area contributed by atoms with Gasteiger partial charge in [-0.05, 0) is 104 Å². The number of benzene rings is 4. The first-order valence-corrected chi connectivity index (χ1v) is 27.7. The molecule has 9 rings (SSSR count). The second-order valence-corrected chi connectivity index (χ2v) is 20.9. The van der Waals surface area contributed by atoms with E-state index in [0.717, 1.165) is 40.9 Å². The number of carbonyl (C=O) groups excluding carboxylic acids is 7. The van der Waals surface area contributed by atoms with E-state index in [0.29, 0.717) is 103 Å². The predicted octanol–water partition coefficient (Wildman–Crippen LogP) is 8.35. The van der Waals surface area contributed by atoms with E-state index < -0.39 is 23.9 Å². The van der Waals surface area contributed by atoms with Gasteiger partial charge >= 0.3 is 0 Å². The van der Waals surface area contributed by atoms with Gasteiger partial charge in [0.1, 0.15) is 17.8 Å².